The summed E-state index contributed by atoms with van der Waals surface area (Å²) in [5, 5.41) is 8.52. The number of ether oxygens (including phenoxy) is 1. The zero-order valence-electron chi connectivity index (χ0n) is 8.21. The highest BCUT2D eigenvalue weighted by Gasteiger charge is 2.34. The van der Waals surface area contributed by atoms with E-state index in [9.17, 15) is 18.0 Å². The normalized spacial score (nSPS) is 10.8. The van der Waals surface area contributed by atoms with E-state index in [1.54, 1.807) is 6.07 Å². The number of carbonyl (C=O) groups excluding carboxylic acids is 1. The summed E-state index contributed by atoms with van der Waals surface area (Å²) in [7, 11) is 0. The van der Waals surface area contributed by atoms with Crippen LogP contribution in [0.25, 0.3) is 0 Å². The fourth-order valence-electron chi connectivity index (χ4n) is 1.14. The second-order valence-corrected chi connectivity index (χ2v) is 3.46. The third-order valence-electron chi connectivity index (χ3n) is 1.78. The molecule has 1 aromatic rings. The molecule has 3 nitrogen and oxygen atoms in total. The first-order valence-electron chi connectivity index (χ1n) is 4.27. The molecule has 0 fully saturated rings. The Morgan fingerprint density at radius 3 is 2.59 bits per heavy atom. The number of nitrogens with zero attached hydrogens (tertiary/aromatic N) is 1. The summed E-state index contributed by atoms with van der Waals surface area (Å²) >= 11 is 2.84. The van der Waals surface area contributed by atoms with Gasteiger partial charge in [0.25, 0.3) is 0 Å². The van der Waals surface area contributed by atoms with E-state index >= 15 is 0 Å². The van der Waals surface area contributed by atoms with E-state index in [0.29, 0.717) is 0 Å². The smallest absolute Gasteiger partial charge is 0.404 e. The molecule has 0 heterocycles. The molecule has 0 saturated heterocycles. The third kappa shape index (κ3) is 3.46. The summed E-state index contributed by atoms with van der Waals surface area (Å²) in [6.07, 6.45) is -4.95. The van der Waals surface area contributed by atoms with Crippen molar-refractivity contribution in [3.05, 3.63) is 29.3 Å². The van der Waals surface area contributed by atoms with Crippen LogP contribution in [0.2, 0.25) is 0 Å². The Labute approximate surface area is 103 Å². The summed E-state index contributed by atoms with van der Waals surface area (Å²) in [5.74, 6) is -1.35. The van der Waals surface area contributed by atoms with Gasteiger partial charge in [0.15, 0.2) is 11.5 Å². The van der Waals surface area contributed by atoms with Crippen molar-refractivity contribution in [2.75, 3.05) is 5.33 Å². The van der Waals surface area contributed by atoms with Gasteiger partial charge in [-0.25, -0.2) is 0 Å². The molecule has 0 unspecified atom stereocenters. The maximum atomic E-state index is 12.2. The van der Waals surface area contributed by atoms with Gasteiger partial charge in [0.05, 0.1) is 16.5 Å². The summed E-state index contributed by atoms with van der Waals surface area (Å²) in [6, 6.07) is 5.18. The van der Waals surface area contributed by atoms with Crippen molar-refractivity contribution >= 4 is 21.7 Å². The van der Waals surface area contributed by atoms with Gasteiger partial charge in [0.2, 0.25) is 0 Å². The van der Waals surface area contributed by atoms with Crippen molar-refractivity contribution in [3.8, 4) is 11.8 Å². The molecule has 0 N–H and O–H groups in total. The molecule has 90 valence electrons. The first-order chi connectivity index (χ1) is 7.89. The van der Waals surface area contributed by atoms with Gasteiger partial charge in [-0.1, -0.05) is 22.0 Å². The van der Waals surface area contributed by atoms with E-state index in [-0.39, 0.29) is 16.5 Å². The van der Waals surface area contributed by atoms with Crippen LogP contribution in [-0.4, -0.2) is 17.5 Å². The van der Waals surface area contributed by atoms with Crippen LogP contribution in [0.5, 0.6) is 5.75 Å². The van der Waals surface area contributed by atoms with Gasteiger partial charge in [-0.05, 0) is 12.1 Å². The Kier molecular flexibility index (Phi) is 4.12. The third-order valence-corrected chi connectivity index (χ3v) is 2.28. The molecule has 0 spiro atoms. The summed E-state index contributed by atoms with van der Waals surface area (Å²) in [6.45, 7) is 0. The van der Waals surface area contributed by atoms with Gasteiger partial charge in [0, 0.05) is 0 Å². The molecule has 0 aromatic heterocycles. The van der Waals surface area contributed by atoms with Crippen LogP contribution in [0.1, 0.15) is 15.9 Å². The number of nitriles is 1. The van der Waals surface area contributed by atoms with Crippen molar-refractivity contribution in [3.63, 3.8) is 0 Å². The lowest BCUT2D eigenvalue weighted by Crippen LogP contribution is -2.20. The molecule has 0 saturated carbocycles. The van der Waals surface area contributed by atoms with Crippen LogP contribution in [0.3, 0.4) is 0 Å². The minimum absolute atomic E-state index is 0.157. The summed E-state index contributed by atoms with van der Waals surface area (Å²) in [5.41, 5.74) is -0.618. The molecule has 0 aliphatic rings. The van der Waals surface area contributed by atoms with Crippen molar-refractivity contribution in [2.45, 2.75) is 6.36 Å². The number of benzene rings is 1. The number of ketones is 1. The van der Waals surface area contributed by atoms with Crippen LogP contribution in [0.4, 0.5) is 13.2 Å². The fourth-order valence-corrected chi connectivity index (χ4v) is 1.44. The van der Waals surface area contributed by atoms with E-state index in [1.807, 2.05) is 0 Å². The highest BCUT2D eigenvalue weighted by atomic mass is 79.9. The quantitative estimate of drug-likeness (QED) is 0.637. The van der Waals surface area contributed by atoms with Crippen LogP contribution in [0, 0.1) is 11.3 Å². The van der Waals surface area contributed by atoms with E-state index in [0.717, 1.165) is 6.07 Å². The van der Waals surface area contributed by atoms with Crippen molar-refractivity contribution in [1.82, 2.24) is 0 Å². The molecule has 0 radical (unpaired) electrons. The van der Waals surface area contributed by atoms with Crippen LogP contribution in [0.15, 0.2) is 18.2 Å². The average Bonchev–Trinajstić information content (AvgIpc) is 2.26. The predicted octanol–water partition coefficient (Wildman–Crippen LogP) is 3.03. The molecule has 17 heavy (non-hydrogen) atoms. The molecular weight excluding hydrogens is 303 g/mol. The molecule has 0 atom stereocenters. The van der Waals surface area contributed by atoms with Gasteiger partial charge < -0.3 is 4.74 Å². The number of alkyl halides is 4. The zero-order valence-corrected chi connectivity index (χ0v) is 9.80. The standard InChI is InChI=1S/C10H5BrF3NO2/c11-4-8(16)7-3-1-2-6(5-15)9(7)17-10(12,13)14/h1-3H,4H2. The van der Waals surface area contributed by atoms with Gasteiger partial charge >= 0.3 is 6.36 Å². The van der Waals surface area contributed by atoms with Gasteiger partial charge in [-0.3, -0.25) is 4.79 Å². The number of carbonyl (C=O) groups is 1. The number of halogens is 4. The number of rotatable bonds is 3. The monoisotopic (exact) mass is 307 g/mol. The highest BCUT2D eigenvalue weighted by molar-refractivity contribution is 9.09. The number of hydrogen-bond acceptors (Lipinski definition) is 3. The Bertz CT molecular complexity index is 479. The van der Waals surface area contributed by atoms with Gasteiger partial charge in [-0.15, -0.1) is 13.2 Å². The lowest BCUT2D eigenvalue weighted by molar-refractivity contribution is -0.274. The number of Topliss-reactive ketones (excluding diaryl/α,β-unsaturated/α-hetero) is 1. The zero-order chi connectivity index (χ0) is 13.1. The number of hydrogen-bond donors (Lipinski definition) is 0. The Balaban J connectivity index is 3.32. The van der Waals surface area contributed by atoms with Gasteiger partial charge in [0.1, 0.15) is 6.07 Å². The minimum Gasteiger partial charge on any atom is -0.404 e. The predicted molar refractivity (Wildman–Crippen MR) is 56.0 cm³/mol. The van der Waals surface area contributed by atoms with Crippen molar-refractivity contribution in [2.24, 2.45) is 0 Å². The van der Waals surface area contributed by atoms with Crippen molar-refractivity contribution < 1.29 is 22.7 Å². The first-order valence-corrected chi connectivity index (χ1v) is 5.39. The van der Waals surface area contributed by atoms with E-state index in [4.69, 9.17) is 5.26 Å². The maximum Gasteiger partial charge on any atom is 0.573 e. The van der Waals surface area contributed by atoms with E-state index < -0.39 is 17.9 Å². The molecule has 1 aromatic carbocycles. The highest BCUT2D eigenvalue weighted by Crippen LogP contribution is 2.30. The van der Waals surface area contributed by atoms with Gasteiger partial charge in [-0.2, -0.15) is 5.26 Å². The van der Waals surface area contributed by atoms with Crippen LogP contribution in [-0.2, 0) is 0 Å². The summed E-state index contributed by atoms with van der Waals surface area (Å²) in [4.78, 5) is 11.4. The maximum absolute atomic E-state index is 12.2. The topological polar surface area (TPSA) is 50.1 Å². The Morgan fingerprint density at radius 1 is 1.47 bits per heavy atom. The molecule has 7 heteroatoms. The average molecular weight is 308 g/mol. The second kappa shape index (κ2) is 5.19. The molecule has 1 rings (SSSR count). The lowest BCUT2D eigenvalue weighted by atomic mass is 10.1. The molecular formula is C10H5BrF3NO2. The van der Waals surface area contributed by atoms with Crippen LogP contribution >= 0.6 is 15.9 Å². The second-order valence-electron chi connectivity index (χ2n) is 2.90. The van der Waals surface area contributed by atoms with Crippen LogP contribution < -0.4 is 4.74 Å². The Morgan fingerprint density at radius 2 is 2.12 bits per heavy atom. The molecule has 0 aliphatic carbocycles. The number of para-hydroxylation sites is 1. The van der Waals surface area contributed by atoms with Crippen molar-refractivity contribution in [1.29, 1.82) is 5.26 Å². The summed E-state index contributed by atoms with van der Waals surface area (Å²) < 4.78 is 40.2. The lowest BCUT2D eigenvalue weighted by Gasteiger charge is -2.13. The molecule has 0 aliphatic heterocycles. The largest absolute Gasteiger partial charge is 0.573 e. The SMILES string of the molecule is N#Cc1cccc(C(=O)CBr)c1OC(F)(F)F. The first kappa shape index (κ1) is 13.5. The Hall–Kier alpha value is -1.55. The van der Waals surface area contributed by atoms with E-state index in [2.05, 4.69) is 20.7 Å². The minimum atomic E-state index is -4.95. The molecule has 0 amide bonds. The van der Waals surface area contributed by atoms with E-state index in [1.165, 1.54) is 12.1 Å². The molecule has 0 bridgehead atoms. The fraction of sp³-hybridized carbons (Fsp3) is 0.200.